The van der Waals surface area contributed by atoms with Crippen molar-refractivity contribution in [3.63, 3.8) is 0 Å². The summed E-state index contributed by atoms with van der Waals surface area (Å²) < 4.78 is 10.8. The molecule has 0 unspecified atom stereocenters. The molecule has 0 fully saturated rings. The monoisotopic (exact) mass is 478 g/mol. The van der Waals surface area contributed by atoms with E-state index in [1.165, 1.54) is 16.9 Å². The number of anilines is 1. The Morgan fingerprint density at radius 3 is 2.47 bits per heavy atom. The number of benzene rings is 2. The molecule has 7 heteroatoms. The minimum atomic E-state index is -0.368. The first-order valence-electron chi connectivity index (χ1n) is 11.7. The molecule has 0 spiro atoms. The van der Waals surface area contributed by atoms with Crippen LogP contribution in [0.15, 0.2) is 54.6 Å². The minimum Gasteiger partial charge on any atom is -0.494 e. The van der Waals surface area contributed by atoms with Gasteiger partial charge in [-0.2, -0.15) is 0 Å². The topological polar surface area (TPSA) is 67.9 Å². The van der Waals surface area contributed by atoms with Gasteiger partial charge in [-0.3, -0.25) is 9.69 Å². The Bertz CT molecular complexity index is 1130. The van der Waals surface area contributed by atoms with Crippen LogP contribution in [0.25, 0.3) is 0 Å². The van der Waals surface area contributed by atoms with Gasteiger partial charge in [-0.05, 0) is 49.1 Å². The molecule has 1 aliphatic heterocycles. The van der Waals surface area contributed by atoms with Gasteiger partial charge in [0.05, 0.1) is 25.2 Å². The van der Waals surface area contributed by atoms with E-state index in [-0.39, 0.29) is 18.3 Å². The van der Waals surface area contributed by atoms with Gasteiger partial charge >= 0.3 is 5.97 Å². The summed E-state index contributed by atoms with van der Waals surface area (Å²) in [6.45, 7) is 7.07. The molecule has 2 aromatic carbocycles. The van der Waals surface area contributed by atoms with Gasteiger partial charge in [0.2, 0.25) is 5.91 Å². The van der Waals surface area contributed by atoms with E-state index in [4.69, 9.17) is 9.47 Å². The summed E-state index contributed by atoms with van der Waals surface area (Å²) in [6.07, 6.45) is 0.971. The van der Waals surface area contributed by atoms with Gasteiger partial charge in [0.1, 0.15) is 10.8 Å². The molecule has 1 aliphatic rings. The first-order valence-corrected chi connectivity index (χ1v) is 12.5. The molecule has 0 aliphatic carbocycles. The molecule has 0 saturated heterocycles. The van der Waals surface area contributed by atoms with Crippen LogP contribution < -0.4 is 10.1 Å². The van der Waals surface area contributed by atoms with Crippen LogP contribution in [0.5, 0.6) is 5.75 Å². The number of amides is 1. The second-order valence-electron chi connectivity index (χ2n) is 8.18. The van der Waals surface area contributed by atoms with Gasteiger partial charge in [-0.25, -0.2) is 4.79 Å². The lowest BCUT2D eigenvalue weighted by atomic mass is 10.0. The van der Waals surface area contributed by atoms with Crippen molar-refractivity contribution in [3.05, 3.63) is 81.7 Å². The van der Waals surface area contributed by atoms with E-state index in [0.29, 0.717) is 23.8 Å². The molecule has 2 heterocycles. The molecule has 0 saturated carbocycles. The average molecular weight is 479 g/mol. The van der Waals surface area contributed by atoms with Gasteiger partial charge in [-0.1, -0.05) is 42.5 Å². The maximum atomic E-state index is 12.8. The third-order valence-corrected chi connectivity index (χ3v) is 6.85. The van der Waals surface area contributed by atoms with Crippen LogP contribution >= 0.6 is 11.3 Å². The summed E-state index contributed by atoms with van der Waals surface area (Å²) in [7, 11) is 0. The first kappa shape index (κ1) is 24.0. The molecule has 4 rings (SSSR count). The first-order chi connectivity index (χ1) is 16.6. The lowest BCUT2D eigenvalue weighted by molar-refractivity contribution is -0.115. The van der Waals surface area contributed by atoms with Gasteiger partial charge in [0.25, 0.3) is 0 Å². The molecule has 0 atom stereocenters. The highest BCUT2D eigenvalue weighted by atomic mass is 32.1. The van der Waals surface area contributed by atoms with E-state index in [1.807, 2.05) is 49.4 Å². The van der Waals surface area contributed by atoms with Crippen molar-refractivity contribution in [3.8, 4) is 5.75 Å². The molecular weight excluding hydrogens is 448 g/mol. The number of thiophene rings is 1. The number of hydrogen-bond donors (Lipinski definition) is 1. The highest BCUT2D eigenvalue weighted by Gasteiger charge is 2.29. The SMILES string of the molecule is CCOC(=O)c1c(NC(=O)Cc2ccc(OCC)cc2)sc2c1CCN(Cc1ccccc1)C2. The Morgan fingerprint density at radius 2 is 1.76 bits per heavy atom. The van der Waals surface area contributed by atoms with Crippen LogP contribution in [0.1, 0.15) is 45.8 Å². The Hall–Kier alpha value is -3.16. The van der Waals surface area contributed by atoms with Crippen LogP contribution in [-0.4, -0.2) is 36.5 Å². The predicted octanol–water partition coefficient (Wildman–Crippen LogP) is 5.06. The largest absolute Gasteiger partial charge is 0.494 e. The van der Waals surface area contributed by atoms with Crippen LogP contribution in [0.3, 0.4) is 0 Å². The number of carbonyl (C=O) groups is 2. The molecule has 1 N–H and O–H groups in total. The van der Waals surface area contributed by atoms with E-state index in [0.717, 1.165) is 47.8 Å². The molecule has 0 bridgehead atoms. The van der Waals surface area contributed by atoms with Crippen molar-refractivity contribution >= 4 is 28.2 Å². The molecule has 1 amide bonds. The van der Waals surface area contributed by atoms with E-state index in [1.54, 1.807) is 6.92 Å². The summed E-state index contributed by atoms with van der Waals surface area (Å²) in [5, 5.41) is 3.57. The van der Waals surface area contributed by atoms with Crippen molar-refractivity contribution in [1.82, 2.24) is 4.90 Å². The van der Waals surface area contributed by atoms with Gasteiger partial charge in [0, 0.05) is 24.5 Å². The molecule has 178 valence electrons. The lowest BCUT2D eigenvalue weighted by Gasteiger charge is -2.27. The number of nitrogens with one attached hydrogen (secondary N) is 1. The fourth-order valence-corrected chi connectivity index (χ4v) is 5.46. The molecule has 0 radical (unpaired) electrons. The Balaban J connectivity index is 1.50. The van der Waals surface area contributed by atoms with Crippen LogP contribution in [-0.2, 0) is 35.5 Å². The standard InChI is InChI=1S/C27H30N2O4S/c1-3-32-21-12-10-19(11-13-21)16-24(30)28-26-25(27(31)33-4-2)22-14-15-29(18-23(22)34-26)17-20-8-6-5-7-9-20/h5-13H,3-4,14-18H2,1-2H3,(H,28,30). The van der Waals surface area contributed by atoms with Crippen LogP contribution in [0.4, 0.5) is 5.00 Å². The van der Waals surface area contributed by atoms with E-state index in [2.05, 4.69) is 22.3 Å². The summed E-state index contributed by atoms with van der Waals surface area (Å²) in [5.74, 6) is 0.254. The van der Waals surface area contributed by atoms with Crippen molar-refractivity contribution in [2.45, 2.75) is 39.8 Å². The lowest BCUT2D eigenvalue weighted by Crippen LogP contribution is -2.30. The van der Waals surface area contributed by atoms with Crippen LogP contribution in [0.2, 0.25) is 0 Å². The number of nitrogens with zero attached hydrogens (tertiary/aromatic N) is 1. The number of carbonyl (C=O) groups excluding carboxylic acids is 2. The van der Waals surface area contributed by atoms with Crippen LogP contribution in [0, 0.1) is 0 Å². The van der Waals surface area contributed by atoms with Crippen molar-refractivity contribution < 1.29 is 19.1 Å². The fourth-order valence-electron chi connectivity index (χ4n) is 4.17. The number of ether oxygens (including phenoxy) is 2. The summed E-state index contributed by atoms with van der Waals surface area (Å²) in [5.41, 5.74) is 3.66. The van der Waals surface area contributed by atoms with Gasteiger partial charge in [0.15, 0.2) is 0 Å². The minimum absolute atomic E-state index is 0.158. The number of fused-ring (bicyclic) bond motifs is 1. The van der Waals surface area contributed by atoms with Gasteiger partial charge < -0.3 is 14.8 Å². The zero-order valence-electron chi connectivity index (χ0n) is 19.6. The number of esters is 1. The van der Waals surface area contributed by atoms with E-state index in [9.17, 15) is 9.59 Å². The summed E-state index contributed by atoms with van der Waals surface area (Å²) >= 11 is 1.48. The number of hydrogen-bond acceptors (Lipinski definition) is 6. The normalized spacial score (nSPS) is 13.2. The Morgan fingerprint density at radius 1 is 1.00 bits per heavy atom. The average Bonchev–Trinajstić information content (AvgIpc) is 3.18. The third kappa shape index (κ3) is 5.85. The zero-order valence-corrected chi connectivity index (χ0v) is 20.5. The smallest absolute Gasteiger partial charge is 0.341 e. The summed E-state index contributed by atoms with van der Waals surface area (Å²) in [4.78, 5) is 29.1. The maximum Gasteiger partial charge on any atom is 0.341 e. The molecule has 34 heavy (non-hydrogen) atoms. The van der Waals surface area contributed by atoms with Crippen molar-refractivity contribution in [2.24, 2.45) is 0 Å². The zero-order chi connectivity index (χ0) is 23.9. The molecule has 6 nitrogen and oxygen atoms in total. The highest BCUT2D eigenvalue weighted by molar-refractivity contribution is 7.17. The Labute approximate surface area is 204 Å². The number of rotatable bonds is 9. The third-order valence-electron chi connectivity index (χ3n) is 5.72. The molecular formula is C27H30N2O4S. The molecule has 1 aromatic heterocycles. The fraction of sp³-hybridized carbons (Fsp3) is 0.333. The van der Waals surface area contributed by atoms with E-state index < -0.39 is 0 Å². The van der Waals surface area contributed by atoms with Gasteiger partial charge in [-0.15, -0.1) is 11.3 Å². The quantitative estimate of drug-likeness (QED) is 0.435. The second kappa shape index (κ2) is 11.3. The van der Waals surface area contributed by atoms with Crippen molar-refractivity contribution in [1.29, 1.82) is 0 Å². The van der Waals surface area contributed by atoms with Crippen molar-refractivity contribution in [2.75, 3.05) is 25.1 Å². The predicted molar refractivity (Wildman–Crippen MR) is 134 cm³/mol. The maximum absolute atomic E-state index is 12.8. The second-order valence-corrected chi connectivity index (χ2v) is 9.28. The van der Waals surface area contributed by atoms with E-state index >= 15 is 0 Å². The highest BCUT2D eigenvalue weighted by Crippen LogP contribution is 2.38. The Kier molecular flexibility index (Phi) is 7.98. The summed E-state index contributed by atoms with van der Waals surface area (Å²) in [6, 6.07) is 17.9. The molecule has 3 aromatic rings.